The third-order valence-corrected chi connectivity index (χ3v) is 5.63. The van der Waals surface area contributed by atoms with Gasteiger partial charge in [-0.15, -0.1) is 0 Å². The van der Waals surface area contributed by atoms with Crippen LogP contribution in [0.2, 0.25) is 0 Å². The van der Waals surface area contributed by atoms with Crippen LogP contribution in [0.3, 0.4) is 0 Å². The molecule has 0 aliphatic rings. The second kappa shape index (κ2) is 11.9. The maximum Gasteiger partial charge on any atom is 0.337 e. The number of anilines is 1. The number of rotatable bonds is 4. The standard InChI is InChI=1S/C13H14O2.C8H10AsNO5/c1-3-4-5-6-11-7-9-12(10-8-11)13(14)15-2;1-5(11)10-7-4-2-3-6(8(7)12)9(13,14)15/h7-10H,3-4H2,1-2H3;2-4,12H,1H3,(H,10,11)(H2,13,14,15). The fourth-order valence-corrected chi connectivity index (χ4v) is 3.57. The molecule has 2 aromatic rings. The summed E-state index contributed by atoms with van der Waals surface area (Å²) >= 11 is -5.15. The zero-order chi connectivity index (χ0) is 22.7. The molecule has 0 saturated heterocycles. The summed E-state index contributed by atoms with van der Waals surface area (Å²) in [5.74, 6) is 4.75. The first-order valence-electron chi connectivity index (χ1n) is 8.93. The Hall–Kier alpha value is -2.98. The average molecular weight is 477 g/mol. The number of benzene rings is 2. The second-order valence-corrected chi connectivity index (χ2v) is 9.31. The maximum absolute atomic E-state index is 11.1. The van der Waals surface area contributed by atoms with Crippen LogP contribution in [0.15, 0.2) is 42.5 Å². The molecule has 0 unspecified atom stereocenters. The van der Waals surface area contributed by atoms with Gasteiger partial charge in [0.25, 0.3) is 0 Å². The molecule has 4 N–H and O–H groups in total. The first-order chi connectivity index (χ1) is 14.1. The van der Waals surface area contributed by atoms with E-state index in [9.17, 15) is 18.4 Å². The summed E-state index contributed by atoms with van der Waals surface area (Å²) < 4.78 is 33.0. The number of methoxy groups -OCH3 is 1. The van der Waals surface area contributed by atoms with E-state index in [0.29, 0.717) is 5.56 Å². The van der Waals surface area contributed by atoms with Crippen molar-refractivity contribution < 1.29 is 31.4 Å². The minimum Gasteiger partial charge on any atom is -0.465 e. The van der Waals surface area contributed by atoms with Crippen LogP contribution in [-0.4, -0.2) is 46.5 Å². The largest absolute Gasteiger partial charge is 0.465 e. The van der Waals surface area contributed by atoms with Gasteiger partial charge in [-0.3, -0.25) is 0 Å². The molecule has 0 aliphatic carbocycles. The van der Waals surface area contributed by atoms with Gasteiger partial charge in [0.15, 0.2) is 0 Å². The Morgan fingerprint density at radius 3 is 2.27 bits per heavy atom. The van der Waals surface area contributed by atoms with Gasteiger partial charge in [0.2, 0.25) is 0 Å². The third kappa shape index (κ3) is 8.17. The number of hydrogen-bond donors (Lipinski definition) is 4. The minimum absolute atomic E-state index is 0.00951. The summed E-state index contributed by atoms with van der Waals surface area (Å²) in [4.78, 5) is 21.8. The van der Waals surface area contributed by atoms with Crippen LogP contribution in [0.4, 0.5) is 5.69 Å². The van der Waals surface area contributed by atoms with E-state index in [4.69, 9.17) is 8.19 Å². The Morgan fingerprint density at radius 1 is 1.13 bits per heavy atom. The molecule has 30 heavy (non-hydrogen) atoms. The van der Waals surface area contributed by atoms with Gasteiger partial charge in [0.05, 0.1) is 12.7 Å². The van der Waals surface area contributed by atoms with Crippen LogP contribution in [0.1, 0.15) is 42.6 Å². The van der Waals surface area contributed by atoms with Crippen molar-refractivity contribution in [2.45, 2.75) is 26.7 Å². The Morgan fingerprint density at radius 2 is 1.77 bits per heavy atom. The van der Waals surface area contributed by atoms with Gasteiger partial charge in [0.1, 0.15) is 0 Å². The molecule has 0 aromatic heterocycles. The van der Waals surface area contributed by atoms with E-state index in [1.54, 1.807) is 12.1 Å². The summed E-state index contributed by atoms with van der Waals surface area (Å²) in [5.41, 5.74) is 1.47. The molecule has 0 fully saturated rings. The van der Waals surface area contributed by atoms with Crippen LogP contribution in [0, 0.1) is 11.8 Å². The molecule has 1 amide bonds. The van der Waals surface area contributed by atoms with Crippen molar-refractivity contribution in [3.05, 3.63) is 53.6 Å². The predicted octanol–water partition coefficient (Wildman–Crippen LogP) is 1.54. The topological polar surface area (TPSA) is 133 Å². The molecular formula is C21H24AsNO7. The molecular weight excluding hydrogens is 453 g/mol. The minimum atomic E-state index is -5.15. The average Bonchev–Trinajstić information content (AvgIpc) is 2.69. The number of carbonyl (C=O) groups excluding carboxylic acids is 2. The van der Waals surface area contributed by atoms with Crippen molar-refractivity contribution in [3.8, 4) is 17.6 Å². The first-order valence-corrected chi connectivity index (χ1v) is 12.3. The molecule has 160 valence electrons. The number of carbonyl (C=O) groups is 2. The van der Waals surface area contributed by atoms with Gasteiger partial charge in [-0.05, 0) is 30.7 Å². The number of ether oxygens (including phenoxy) is 1. The van der Waals surface area contributed by atoms with Gasteiger partial charge in [-0.1, -0.05) is 18.8 Å². The van der Waals surface area contributed by atoms with E-state index in [1.807, 2.05) is 12.1 Å². The van der Waals surface area contributed by atoms with Gasteiger partial charge in [-0.25, -0.2) is 4.79 Å². The second-order valence-electron chi connectivity index (χ2n) is 6.02. The Bertz CT molecular complexity index is 985. The van der Waals surface area contributed by atoms with E-state index in [1.165, 1.54) is 26.2 Å². The first kappa shape index (κ1) is 25.1. The number of amides is 1. The molecule has 9 heteroatoms. The number of phenolic OH excluding ortho intramolecular Hbond substituents is 1. The van der Waals surface area contributed by atoms with E-state index >= 15 is 0 Å². The van der Waals surface area contributed by atoms with Gasteiger partial charge in [-0.2, -0.15) is 0 Å². The molecule has 8 nitrogen and oxygen atoms in total. The quantitative estimate of drug-likeness (QED) is 0.227. The van der Waals surface area contributed by atoms with Gasteiger partial charge in [0, 0.05) is 12.0 Å². The molecule has 0 saturated carbocycles. The van der Waals surface area contributed by atoms with Crippen LogP contribution < -0.4 is 9.67 Å². The monoisotopic (exact) mass is 477 g/mol. The molecule has 0 radical (unpaired) electrons. The molecule has 2 aromatic carbocycles. The molecule has 0 aliphatic heterocycles. The normalized spacial score (nSPS) is 10.0. The van der Waals surface area contributed by atoms with Crippen LogP contribution in [0.25, 0.3) is 0 Å². The summed E-state index contributed by atoms with van der Waals surface area (Å²) in [5, 5.41) is 11.7. The Labute approximate surface area is 177 Å². The van der Waals surface area contributed by atoms with Crippen molar-refractivity contribution in [1.82, 2.24) is 0 Å². The zero-order valence-corrected chi connectivity index (χ0v) is 18.8. The SMILES string of the molecule is CC(=O)Nc1cccc([As](=O)(O)O)c1O.CCCC#Cc1ccc(C(=O)OC)cc1. The fourth-order valence-electron chi connectivity index (χ4n) is 2.15. The smallest absolute Gasteiger partial charge is 0.337 e. The van der Waals surface area contributed by atoms with Crippen molar-refractivity contribution in [2.75, 3.05) is 12.4 Å². The van der Waals surface area contributed by atoms with Crippen molar-refractivity contribution in [1.29, 1.82) is 0 Å². The van der Waals surface area contributed by atoms with E-state index in [-0.39, 0.29) is 11.7 Å². The number of aromatic hydroxyl groups is 1. The summed E-state index contributed by atoms with van der Waals surface area (Å²) in [6.45, 7) is 3.32. The van der Waals surface area contributed by atoms with Gasteiger partial charge < -0.3 is 4.74 Å². The fraction of sp³-hybridized carbons (Fsp3) is 0.238. The Kier molecular flexibility index (Phi) is 9.93. The number of unbranched alkanes of at least 4 members (excludes halogenated alkanes) is 1. The number of hydrogen-bond acceptors (Lipinski definition) is 5. The molecule has 0 heterocycles. The van der Waals surface area contributed by atoms with Crippen molar-refractivity contribution in [2.24, 2.45) is 0 Å². The van der Waals surface area contributed by atoms with E-state index < -0.39 is 30.2 Å². The number of para-hydroxylation sites is 1. The summed E-state index contributed by atoms with van der Waals surface area (Å²) in [6, 6.07) is 10.9. The van der Waals surface area contributed by atoms with Crippen LogP contribution >= 0.6 is 0 Å². The Balaban J connectivity index is 0.000000300. The maximum atomic E-state index is 11.1. The van der Waals surface area contributed by atoms with Crippen LogP contribution in [-0.2, 0) is 13.3 Å². The van der Waals surface area contributed by atoms with Crippen molar-refractivity contribution >= 4 is 36.1 Å². The van der Waals surface area contributed by atoms with E-state index in [2.05, 4.69) is 28.8 Å². The van der Waals surface area contributed by atoms with Gasteiger partial charge >= 0.3 is 94.1 Å². The summed E-state index contributed by atoms with van der Waals surface area (Å²) in [7, 11) is 1.37. The molecule has 0 atom stereocenters. The number of phenols is 1. The molecule has 0 bridgehead atoms. The van der Waals surface area contributed by atoms with Crippen LogP contribution in [0.5, 0.6) is 5.75 Å². The van der Waals surface area contributed by atoms with E-state index in [0.717, 1.165) is 24.5 Å². The third-order valence-electron chi connectivity index (χ3n) is 3.55. The number of nitrogens with one attached hydrogen (secondary N) is 1. The molecule has 0 spiro atoms. The number of esters is 1. The molecule has 2 rings (SSSR count). The van der Waals surface area contributed by atoms with Crippen molar-refractivity contribution in [3.63, 3.8) is 0 Å². The predicted molar refractivity (Wildman–Crippen MR) is 112 cm³/mol. The zero-order valence-electron chi connectivity index (χ0n) is 16.9. The summed E-state index contributed by atoms with van der Waals surface area (Å²) in [6.07, 6.45) is 1.96.